The quantitative estimate of drug-likeness (QED) is 0.688. The molecule has 2 aliphatic heterocycles. The topological polar surface area (TPSA) is 27.3 Å². The molecule has 2 bridgehead atoms. The van der Waals surface area contributed by atoms with E-state index in [4.69, 9.17) is 12.2 Å². The van der Waals surface area contributed by atoms with Crippen molar-refractivity contribution in [2.45, 2.75) is 70.6 Å². The standard InChI is InChI=1S/C22H29N3S2/c1-15-8-9-17(11-16(15)2)23-22(26)24-18-12-19-5-3-6-20(13-18)25(19)14-21-7-4-10-27-21/h4,7-11,18-20H,3,5-6,12-14H2,1-2H3,(H2,23,24,26)/t19-,20-/m1/s1. The van der Waals surface area contributed by atoms with Crippen molar-refractivity contribution in [3.63, 3.8) is 0 Å². The average molecular weight is 400 g/mol. The second kappa shape index (κ2) is 8.29. The first-order valence-electron chi connectivity index (χ1n) is 10.0. The molecule has 27 heavy (non-hydrogen) atoms. The fourth-order valence-corrected chi connectivity index (χ4v) is 5.61. The summed E-state index contributed by atoms with van der Waals surface area (Å²) < 4.78 is 0. The normalized spacial score (nSPS) is 25.2. The number of anilines is 1. The third kappa shape index (κ3) is 4.53. The number of thiocarbonyl (C=S) groups is 1. The van der Waals surface area contributed by atoms with Gasteiger partial charge in [0.2, 0.25) is 0 Å². The van der Waals surface area contributed by atoms with Gasteiger partial charge >= 0.3 is 0 Å². The van der Waals surface area contributed by atoms with Crippen LogP contribution in [0.3, 0.4) is 0 Å². The van der Waals surface area contributed by atoms with Gasteiger partial charge < -0.3 is 10.6 Å². The number of aryl methyl sites for hydroxylation is 2. The number of thiophene rings is 1. The molecule has 2 aliphatic rings. The molecule has 0 saturated carbocycles. The lowest BCUT2D eigenvalue weighted by Gasteiger charge is -2.49. The molecule has 2 saturated heterocycles. The Balaban J connectivity index is 1.35. The van der Waals surface area contributed by atoms with Gasteiger partial charge in [0.1, 0.15) is 0 Å². The molecule has 3 nitrogen and oxygen atoms in total. The molecule has 2 aromatic rings. The molecule has 4 rings (SSSR count). The Bertz CT molecular complexity index is 773. The number of piperidine rings is 2. The molecule has 0 amide bonds. The minimum absolute atomic E-state index is 0.478. The van der Waals surface area contributed by atoms with E-state index in [-0.39, 0.29) is 0 Å². The Morgan fingerprint density at radius 3 is 2.59 bits per heavy atom. The summed E-state index contributed by atoms with van der Waals surface area (Å²) in [6.07, 6.45) is 6.39. The highest BCUT2D eigenvalue weighted by Crippen LogP contribution is 2.35. The Hall–Kier alpha value is -1.43. The number of hydrogen-bond acceptors (Lipinski definition) is 3. The third-order valence-corrected chi connectivity index (χ3v) is 7.23. The monoisotopic (exact) mass is 399 g/mol. The summed E-state index contributed by atoms with van der Waals surface area (Å²) in [6, 6.07) is 12.7. The van der Waals surface area contributed by atoms with Gasteiger partial charge in [0, 0.05) is 35.2 Å². The summed E-state index contributed by atoms with van der Waals surface area (Å²) in [5.74, 6) is 0. The largest absolute Gasteiger partial charge is 0.360 e. The predicted octanol–water partition coefficient (Wildman–Crippen LogP) is 5.24. The highest BCUT2D eigenvalue weighted by molar-refractivity contribution is 7.80. The van der Waals surface area contributed by atoms with Crippen LogP contribution in [0.2, 0.25) is 0 Å². The molecule has 1 aromatic carbocycles. The molecule has 0 radical (unpaired) electrons. The van der Waals surface area contributed by atoms with E-state index in [2.05, 4.69) is 65.1 Å². The summed E-state index contributed by atoms with van der Waals surface area (Å²) in [5, 5.41) is 9.93. The van der Waals surface area contributed by atoms with Gasteiger partial charge in [0.05, 0.1) is 0 Å². The minimum Gasteiger partial charge on any atom is -0.360 e. The molecule has 1 aromatic heterocycles. The maximum atomic E-state index is 5.61. The van der Waals surface area contributed by atoms with E-state index in [1.54, 1.807) is 0 Å². The number of fused-ring (bicyclic) bond motifs is 2. The summed E-state index contributed by atoms with van der Waals surface area (Å²) in [7, 11) is 0. The van der Waals surface area contributed by atoms with Crippen molar-refractivity contribution < 1.29 is 0 Å². The number of hydrogen-bond donors (Lipinski definition) is 2. The van der Waals surface area contributed by atoms with Gasteiger partial charge in [-0.25, -0.2) is 0 Å². The number of rotatable bonds is 4. The zero-order valence-corrected chi connectivity index (χ0v) is 17.8. The van der Waals surface area contributed by atoms with Gasteiger partial charge in [-0.15, -0.1) is 11.3 Å². The molecule has 0 unspecified atom stereocenters. The van der Waals surface area contributed by atoms with E-state index in [9.17, 15) is 0 Å². The van der Waals surface area contributed by atoms with Gasteiger partial charge in [-0.05, 0) is 86.5 Å². The van der Waals surface area contributed by atoms with Crippen LogP contribution in [0.4, 0.5) is 5.69 Å². The van der Waals surface area contributed by atoms with E-state index in [1.807, 2.05) is 11.3 Å². The van der Waals surface area contributed by atoms with E-state index in [1.165, 1.54) is 48.1 Å². The van der Waals surface area contributed by atoms with Crippen LogP contribution in [0.15, 0.2) is 35.7 Å². The SMILES string of the molecule is Cc1ccc(NC(=S)NC2C[C@H]3CCC[C@H](C2)N3Cc2cccs2)cc1C. The lowest BCUT2D eigenvalue weighted by molar-refractivity contribution is 0.0220. The van der Waals surface area contributed by atoms with Crippen LogP contribution in [-0.4, -0.2) is 28.1 Å². The van der Waals surface area contributed by atoms with Crippen molar-refractivity contribution in [1.29, 1.82) is 0 Å². The van der Waals surface area contributed by atoms with Gasteiger partial charge in [-0.3, -0.25) is 4.90 Å². The minimum atomic E-state index is 0.478. The van der Waals surface area contributed by atoms with Crippen LogP contribution in [0.5, 0.6) is 0 Å². The van der Waals surface area contributed by atoms with E-state index < -0.39 is 0 Å². The van der Waals surface area contributed by atoms with Gasteiger partial charge in [0.15, 0.2) is 5.11 Å². The predicted molar refractivity (Wildman–Crippen MR) is 120 cm³/mol. The molecule has 3 heterocycles. The molecule has 2 N–H and O–H groups in total. The van der Waals surface area contributed by atoms with E-state index in [0.29, 0.717) is 18.1 Å². The zero-order valence-electron chi connectivity index (χ0n) is 16.2. The lowest BCUT2D eigenvalue weighted by Crippen LogP contribution is -2.56. The molecule has 5 heteroatoms. The molecule has 144 valence electrons. The maximum Gasteiger partial charge on any atom is 0.170 e. The smallest absolute Gasteiger partial charge is 0.170 e. The molecule has 2 atom stereocenters. The second-order valence-electron chi connectivity index (χ2n) is 8.06. The van der Waals surface area contributed by atoms with Crippen LogP contribution < -0.4 is 10.6 Å². The summed E-state index contributed by atoms with van der Waals surface area (Å²) >= 11 is 7.50. The maximum absolute atomic E-state index is 5.61. The van der Waals surface area contributed by atoms with Crippen molar-refractivity contribution in [1.82, 2.24) is 10.2 Å². The summed E-state index contributed by atoms with van der Waals surface area (Å²) in [4.78, 5) is 4.25. The Labute approximate surface area is 172 Å². The van der Waals surface area contributed by atoms with Crippen LogP contribution in [0, 0.1) is 13.8 Å². The molecular formula is C22H29N3S2. The van der Waals surface area contributed by atoms with Crippen molar-refractivity contribution in [3.8, 4) is 0 Å². The first kappa shape index (κ1) is 18.9. The van der Waals surface area contributed by atoms with E-state index in [0.717, 1.165) is 17.3 Å². The Morgan fingerprint density at radius 1 is 1.15 bits per heavy atom. The van der Waals surface area contributed by atoms with Crippen LogP contribution in [0.1, 0.15) is 48.1 Å². The zero-order chi connectivity index (χ0) is 18.8. The molecular weight excluding hydrogens is 370 g/mol. The summed E-state index contributed by atoms with van der Waals surface area (Å²) in [5.41, 5.74) is 3.68. The first-order valence-corrected chi connectivity index (χ1v) is 11.3. The average Bonchev–Trinajstić information content (AvgIpc) is 3.12. The fourth-order valence-electron chi connectivity index (χ4n) is 4.61. The van der Waals surface area contributed by atoms with Crippen molar-refractivity contribution >= 4 is 34.4 Å². The second-order valence-corrected chi connectivity index (χ2v) is 9.50. The van der Waals surface area contributed by atoms with Crippen LogP contribution in [0.25, 0.3) is 0 Å². The molecule has 0 aliphatic carbocycles. The fraction of sp³-hybridized carbons (Fsp3) is 0.500. The van der Waals surface area contributed by atoms with Crippen molar-refractivity contribution in [3.05, 3.63) is 51.7 Å². The molecule has 2 fully saturated rings. The highest BCUT2D eigenvalue weighted by atomic mass is 32.1. The van der Waals surface area contributed by atoms with Crippen LogP contribution >= 0.6 is 23.6 Å². The first-order chi connectivity index (χ1) is 13.1. The Morgan fingerprint density at radius 2 is 1.93 bits per heavy atom. The van der Waals surface area contributed by atoms with Crippen molar-refractivity contribution in [2.75, 3.05) is 5.32 Å². The van der Waals surface area contributed by atoms with E-state index >= 15 is 0 Å². The summed E-state index contributed by atoms with van der Waals surface area (Å²) in [6.45, 7) is 5.39. The van der Waals surface area contributed by atoms with Gasteiger partial charge in [-0.1, -0.05) is 18.6 Å². The number of nitrogens with zero attached hydrogens (tertiary/aromatic N) is 1. The highest BCUT2D eigenvalue weighted by Gasteiger charge is 2.38. The van der Waals surface area contributed by atoms with Gasteiger partial charge in [-0.2, -0.15) is 0 Å². The third-order valence-electron chi connectivity index (χ3n) is 6.14. The Kier molecular flexibility index (Phi) is 5.81. The number of benzene rings is 1. The lowest BCUT2D eigenvalue weighted by atomic mass is 9.81. The van der Waals surface area contributed by atoms with Gasteiger partial charge in [0.25, 0.3) is 0 Å². The number of nitrogens with one attached hydrogen (secondary N) is 2. The van der Waals surface area contributed by atoms with Crippen molar-refractivity contribution in [2.24, 2.45) is 0 Å². The molecule has 0 spiro atoms. The van der Waals surface area contributed by atoms with Crippen LogP contribution in [-0.2, 0) is 6.54 Å².